The molecule has 3 nitrogen and oxygen atoms in total. The predicted molar refractivity (Wildman–Crippen MR) is 212 cm³/mol. The summed E-state index contributed by atoms with van der Waals surface area (Å²) in [6.45, 7) is 0. The van der Waals surface area contributed by atoms with Crippen LogP contribution in [0.2, 0.25) is 0 Å². The van der Waals surface area contributed by atoms with Crippen molar-refractivity contribution in [2.75, 3.05) is 0 Å². The number of aromatic nitrogens is 2. The highest BCUT2D eigenvalue weighted by Crippen LogP contribution is 2.45. The fraction of sp³-hybridized carbons (Fsp3) is 0. The van der Waals surface area contributed by atoms with Crippen LogP contribution in [-0.4, -0.2) is 9.97 Å². The minimum absolute atomic E-state index is 0.647. The molecule has 0 aliphatic carbocycles. The third kappa shape index (κ3) is 4.98. The van der Waals surface area contributed by atoms with Crippen molar-refractivity contribution >= 4 is 43.5 Å². The van der Waals surface area contributed by atoms with Gasteiger partial charge in [-0.2, -0.15) is 0 Å². The molecule has 0 saturated heterocycles. The number of benzene rings is 8. The first kappa shape index (κ1) is 29.1. The minimum Gasteiger partial charge on any atom is -0.455 e. The van der Waals surface area contributed by atoms with Crippen LogP contribution >= 0.6 is 0 Å². The molecular formula is C48H30N2O. The molecule has 2 aromatic heterocycles. The molecule has 0 bridgehead atoms. The maximum absolute atomic E-state index is 6.87. The second-order valence-electron chi connectivity index (χ2n) is 12.9. The lowest BCUT2D eigenvalue weighted by atomic mass is 9.89. The van der Waals surface area contributed by atoms with E-state index in [1.54, 1.807) is 0 Å². The summed E-state index contributed by atoms with van der Waals surface area (Å²) in [5, 5.41) is 6.79. The second-order valence-corrected chi connectivity index (χ2v) is 12.9. The molecule has 51 heavy (non-hydrogen) atoms. The average Bonchev–Trinajstić information content (AvgIpc) is 3.60. The van der Waals surface area contributed by atoms with Gasteiger partial charge < -0.3 is 4.42 Å². The van der Waals surface area contributed by atoms with Crippen molar-refractivity contribution in [1.29, 1.82) is 0 Å². The van der Waals surface area contributed by atoms with Crippen LogP contribution in [0.4, 0.5) is 0 Å². The van der Waals surface area contributed by atoms with Gasteiger partial charge in [0.2, 0.25) is 0 Å². The molecule has 0 aliphatic rings. The SMILES string of the molecule is c1ccc(-c2cc(-c3ccccc3)nc(-c3cc(-c4ccc(-c5ccccc5)c5ccccc45)c4c(c3)oc3c5ccccc5ccc34)n2)cc1. The van der Waals surface area contributed by atoms with Crippen molar-refractivity contribution in [3.8, 4) is 56.2 Å². The van der Waals surface area contributed by atoms with E-state index in [9.17, 15) is 0 Å². The first-order valence-electron chi connectivity index (χ1n) is 17.2. The first-order valence-corrected chi connectivity index (χ1v) is 17.2. The van der Waals surface area contributed by atoms with Crippen molar-refractivity contribution in [2.45, 2.75) is 0 Å². The molecule has 0 spiro atoms. The highest BCUT2D eigenvalue weighted by Gasteiger charge is 2.21. The molecule has 0 atom stereocenters. The zero-order valence-electron chi connectivity index (χ0n) is 27.6. The van der Waals surface area contributed by atoms with Gasteiger partial charge in [0.15, 0.2) is 5.82 Å². The van der Waals surface area contributed by atoms with Crippen molar-refractivity contribution < 1.29 is 4.42 Å². The van der Waals surface area contributed by atoms with E-state index in [0.717, 1.165) is 71.9 Å². The number of fused-ring (bicyclic) bond motifs is 6. The Balaban J connectivity index is 1.29. The Morgan fingerprint density at radius 1 is 0.353 bits per heavy atom. The summed E-state index contributed by atoms with van der Waals surface area (Å²) in [6, 6.07) is 63.8. The summed E-state index contributed by atoms with van der Waals surface area (Å²) in [5.74, 6) is 0.647. The molecule has 0 N–H and O–H groups in total. The summed E-state index contributed by atoms with van der Waals surface area (Å²) in [7, 11) is 0. The van der Waals surface area contributed by atoms with Gasteiger partial charge in [-0.3, -0.25) is 0 Å². The maximum atomic E-state index is 6.87. The molecule has 0 unspecified atom stereocenters. The van der Waals surface area contributed by atoms with Crippen molar-refractivity contribution in [3.05, 3.63) is 182 Å². The molecule has 0 amide bonds. The lowest BCUT2D eigenvalue weighted by molar-refractivity contribution is 0.673. The van der Waals surface area contributed by atoms with E-state index in [1.807, 2.05) is 36.4 Å². The summed E-state index contributed by atoms with van der Waals surface area (Å²) in [6.07, 6.45) is 0. The van der Waals surface area contributed by atoms with E-state index in [2.05, 4.69) is 146 Å². The Morgan fingerprint density at radius 3 is 1.57 bits per heavy atom. The normalized spacial score (nSPS) is 11.5. The van der Waals surface area contributed by atoms with Crippen molar-refractivity contribution in [2.24, 2.45) is 0 Å². The van der Waals surface area contributed by atoms with Gasteiger partial charge in [-0.25, -0.2) is 9.97 Å². The number of hydrogen-bond donors (Lipinski definition) is 0. The Hall–Kier alpha value is -6.84. The summed E-state index contributed by atoms with van der Waals surface area (Å²) < 4.78 is 6.87. The maximum Gasteiger partial charge on any atom is 0.160 e. The highest BCUT2D eigenvalue weighted by atomic mass is 16.3. The van der Waals surface area contributed by atoms with Gasteiger partial charge in [0.05, 0.1) is 11.4 Å². The number of rotatable bonds is 5. The monoisotopic (exact) mass is 650 g/mol. The number of hydrogen-bond acceptors (Lipinski definition) is 3. The van der Waals surface area contributed by atoms with E-state index >= 15 is 0 Å². The standard InChI is InChI=1S/C48H30N2O/c1-4-14-31(15-5-1)36-26-27-40(39-23-13-12-22-38(36)39)42-28-35(29-45-46(42)41-25-24-32-16-10-11-21-37(32)47(41)51-45)48-49-43(33-17-6-2-7-18-33)30-44(50-48)34-19-8-3-9-20-34/h1-30H. The molecule has 2 heterocycles. The minimum atomic E-state index is 0.647. The molecule has 0 radical (unpaired) electrons. The molecule has 0 aliphatic heterocycles. The van der Waals surface area contributed by atoms with E-state index in [4.69, 9.17) is 14.4 Å². The van der Waals surface area contributed by atoms with Crippen LogP contribution in [0.15, 0.2) is 186 Å². The fourth-order valence-corrected chi connectivity index (χ4v) is 7.47. The molecule has 0 saturated carbocycles. The highest BCUT2D eigenvalue weighted by molar-refractivity contribution is 6.21. The van der Waals surface area contributed by atoms with Crippen LogP contribution in [0, 0.1) is 0 Å². The van der Waals surface area contributed by atoms with Crippen LogP contribution in [-0.2, 0) is 0 Å². The van der Waals surface area contributed by atoms with E-state index in [1.165, 1.54) is 21.9 Å². The van der Waals surface area contributed by atoms with Crippen LogP contribution < -0.4 is 0 Å². The number of nitrogens with zero attached hydrogens (tertiary/aromatic N) is 2. The van der Waals surface area contributed by atoms with Gasteiger partial charge >= 0.3 is 0 Å². The van der Waals surface area contributed by atoms with Crippen LogP contribution in [0.1, 0.15) is 0 Å². The van der Waals surface area contributed by atoms with Crippen molar-refractivity contribution in [1.82, 2.24) is 9.97 Å². The Kier molecular flexibility index (Phi) is 6.81. The predicted octanol–water partition coefficient (Wildman–Crippen LogP) is 13.0. The first-order chi connectivity index (χ1) is 25.3. The van der Waals surface area contributed by atoms with Gasteiger partial charge in [-0.05, 0) is 62.7 Å². The third-order valence-electron chi connectivity index (χ3n) is 9.89. The molecule has 3 heteroatoms. The van der Waals surface area contributed by atoms with Gasteiger partial charge in [-0.15, -0.1) is 0 Å². The summed E-state index contributed by atoms with van der Waals surface area (Å²) in [4.78, 5) is 10.4. The molecule has 10 aromatic rings. The molecule has 238 valence electrons. The van der Waals surface area contributed by atoms with Gasteiger partial charge in [0.1, 0.15) is 11.2 Å². The van der Waals surface area contributed by atoms with E-state index in [-0.39, 0.29) is 0 Å². The van der Waals surface area contributed by atoms with Crippen LogP contribution in [0.25, 0.3) is 99.6 Å². The smallest absolute Gasteiger partial charge is 0.160 e. The Bertz CT molecular complexity index is 2840. The van der Waals surface area contributed by atoms with Gasteiger partial charge in [0.25, 0.3) is 0 Å². The Labute approximate surface area is 295 Å². The quantitative estimate of drug-likeness (QED) is 0.186. The summed E-state index contributed by atoms with van der Waals surface area (Å²) >= 11 is 0. The van der Waals surface area contributed by atoms with Crippen LogP contribution in [0.5, 0.6) is 0 Å². The molecular weight excluding hydrogens is 621 g/mol. The average molecular weight is 651 g/mol. The second kappa shape index (κ2) is 11.9. The van der Waals surface area contributed by atoms with Gasteiger partial charge in [-0.1, -0.05) is 158 Å². The van der Waals surface area contributed by atoms with Gasteiger partial charge in [0, 0.05) is 32.8 Å². The largest absolute Gasteiger partial charge is 0.455 e. The molecule has 0 fully saturated rings. The lowest BCUT2D eigenvalue weighted by Crippen LogP contribution is -1.96. The fourth-order valence-electron chi connectivity index (χ4n) is 7.47. The van der Waals surface area contributed by atoms with Crippen molar-refractivity contribution in [3.63, 3.8) is 0 Å². The van der Waals surface area contributed by atoms with Crippen LogP contribution in [0.3, 0.4) is 0 Å². The van der Waals surface area contributed by atoms with E-state index in [0.29, 0.717) is 5.82 Å². The third-order valence-corrected chi connectivity index (χ3v) is 9.89. The Morgan fingerprint density at radius 2 is 0.902 bits per heavy atom. The number of furan rings is 1. The lowest BCUT2D eigenvalue weighted by Gasteiger charge is -2.15. The zero-order valence-corrected chi connectivity index (χ0v) is 27.6. The van der Waals surface area contributed by atoms with E-state index < -0.39 is 0 Å². The summed E-state index contributed by atoms with van der Waals surface area (Å²) in [5.41, 5.74) is 11.0. The molecule has 10 rings (SSSR count). The zero-order chi connectivity index (χ0) is 33.7. The topological polar surface area (TPSA) is 38.9 Å². The molecule has 8 aromatic carbocycles.